The van der Waals surface area contributed by atoms with Crippen molar-refractivity contribution in [3.8, 4) is 23.3 Å². The molecule has 2 aromatic rings. The van der Waals surface area contributed by atoms with Crippen LogP contribution >= 0.6 is 0 Å². The summed E-state index contributed by atoms with van der Waals surface area (Å²) < 4.78 is 41.0. The van der Waals surface area contributed by atoms with Crippen molar-refractivity contribution < 1.29 is 27.8 Å². The maximum atomic E-state index is 12.4. The molecule has 0 amide bonds. The van der Waals surface area contributed by atoms with Gasteiger partial charge in [-0.15, -0.1) is 0 Å². The first-order valence-electron chi connectivity index (χ1n) is 7.01. The number of nitrogen functional groups attached to an aromatic ring is 1. The number of carbonyl (C=O) groups excluding carboxylic acids is 1. The van der Waals surface area contributed by atoms with Crippen LogP contribution in [-0.4, -0.2) is 37.8 Å². The molecule has 0 radical (unpaired) electrons. The van der Waals surface area contributed by atoms with Crippen LogP contribution in [0.25, 0.3) is 5.69 Å². The predicted octanol–water partition coefficient (Wildman–Crippen LogP) is 2.37. The Labute approximate surface area is 142 Å². The molecule has 0 atom stereocenters. The smallest absolute Gasteiger partial charge is 0.357 e. The first-order valence-corrected chi connectivity index (χ1v) is 7.01. The highest BCUT2D eigenvalue weighted by molar-refractivity contribution is 5.96. The van der Waals surface area contributed by atoms with Crippen molar-refractivity contribution in [1.29, 1.82) is 5.26 Å². The van der Waals surface area contributed by atoms with Crippen molar-refractivity contribution >= 4 is 11.7 Å². The molecule has 0 aliphatic heterocycles. The van der Waals surface area contributed by atoms with Gasteiger partial charge in [0.05, 0.1) is 25.5 Å². The van der Waals surface area contributed by atoms with E-state index in [9.17, 15) is 13.6 Å². The highest BCUT2D eigenvalue weighted by Crippen LogP contribution is 2.32. The molecular formula is C16H15F2N3O4. The fourth-order valence-corrected chi connectivity index (χ4v) is 2.20. The molecule has 0 saturated heterocycles. The summed E-state index contributed by atoms with van der Waals surface area (Å²) in [6.45, 7) is -0.819. The van der Waals surface area contributed by atoms with Crippen molar-refractivity contribution in [1.82, 2.24) is 4.57 Å². The van der Waals surface area contributed by atoms with Gasteiger partial charge in [0.1, 0.15) is 12.7 Å². The predicted molar refractivity (Wildman–Crippen MR) is 84.3 cm³/mol. The van der Waals surface area contributed by atoms with Crippen LogP contribution in [0.2, 0.25) is 0 Å². The van der Waals surface area contributed by atoms with E-state index in [1.54, 1.807) is 6.07 Å². The summed E-state index contributed by atoms with van der Waals surface area (Å²) in [5.41, 5.74) is 6.16. The van der Waals surface area contributed by atoms with Crippen molar-refractivity contribution in [3.63, 3.8) is 0 Å². The monoisotopic (exact) mass is 351 g/mol. The Balaban J connectivity index is 2.57. The third kappa shape index (κ3) is 3.63. The molecule has 2 N–H and O–H groups in total. The highest BCUT2D eigenvalue weighted by atomic mass is 19.3. The largest absolute Gasteiger partial charge is 0.493 e. The second-order valence-electron chi connectivity index (χ2n) is 4.82. The summed E-state index contributed by atoms with van der Waals surface area (Å²) in [4.78, 5) is 12.0. The van der Waals surface area contributed by atoms with Crippen molar-refractivity contribution in [3.05, 3.63) is 35.7 Å². The summed E-state index contributed by atoms with van der Waals surface area (Å²) in [7, 11) is 2.54. The molecule has 7 nitrogen and oxygen atoms in total. The normalized spacial score (nSPS) is 10.4. The van der Waals surface area contributed by atoms with E-state index in [0.717, 1.165) is 0 Å². The number of anilines is 1. The number of halogens is 2. The highest BCUT2D eigenvalue weighted by Gasteiger charge is 2.22. The van der Waals surface area contributed by atoms with Gasteiger partial charge in [0.2, 0.25) is 0 Å². The molecular weight excluding hydrogens is 336 g/mol. The number of nitrogens with zero attached hydrogens (tertiary/aromatic N) is 2. The zero-order valence-corrected chi connectivity index (χ0v) is 13.5. The van der Waals surface area contributed by atoms with E-state index in [1.807, 2.05) is 6.07 Å². The van der Waals surface area contributed by atoms with Gasteiger partial charge >= 0.3 is 5.97 Å². The molecule has 0 unspecified atom stereocenters. The van der Waals surface area contributed by atoms with Gasteiger partial charge in [-0.3, -0.25) is 0 Å². The summed E-state index contributed by atoms with van der Waals surface area (Å²) >= 11 is 0. The van der Waals surface area contributed by atoms with Crippen LogP contribution < -0.4 is 15.2 Å². The van der Waals surface area contributed by atoms with E-state index in [1.165, 1.54) is 37.1 Å². The van der Waals surface area contributed by atoms with Gasteiger partial charge in [0.25, 0.3) is 6.43 Å². The lowest BCUT2D eigenvalue weighted by Crippen LogP contribution is -2.12. The Hall–Kier alpha value is -3.28. The molecule has 1 heterocycles. The van der Waals surface area contributed by atoms with E-state index in [0.29, 0.717) is 5.69 Å². The molecule has 0 saturated carbocycles. The number of aromatic nitrogens is 1. The molecule has 0 fully saturated rings. The van der Waals surface area contributed by atoms with Gasteiger partial charge in [-0.1, -0.05) is 0 Å². The van der Waals surface area contributed by atoms with Gasteiger partial charge in [-0.25, -0.2) is 13.6 Å². The first-order chi connectivity index (χ1) is 11.9. The Morgan fingerprint density at radius 2 is 2.08 bits per heavy atom. The zero-order chi connectivity index (χ0) is 18.6. The zero-order valence-electron chi connectivity index (χ0n) is 13.5. The fourth-order valence-electron chi connectivity index (χ4n) is 2.20. The molecule has 2 rings (SSSR count). The van der Waals surface area contributed by atoms with Gasteiger partial charge in [0, 0.05) is 18.0 Å². The van der Waals surface area contributed by atoms with Gasteiger partial charge in [-0.2, -0.15) is 5.26 Å². The number of hydrogen-bond acceptors (Lipinski definition) is 6. The molecule has 1 aromatic heterocycles. The molecule has 9 heteroatoms. The van der Waals surface area contributed by atoms with Crippen molar-refractivity contribution in [2.45, 2.75) is 6.43 Å². The lowest BCUT2D eigenvalue weighted by Gasteiger charge is -2.14. The minimum absolute atomic E-state index is 0.0415. The maximum Gasteiger partial charge on any atom is 0.357 e. The van der Waals surface area contributed by atoms with Gasteiger partial charge in [0.15, 0.2) is 17.2 Å². The standard InChI is InChI=1S/C16H15F2N3O4/c1-23-11-4-3-10(5-12(11)25-8-13(17)18)21-7-9(6-19)14(20)15(21)16(22)24-2/h3-5,7,13H,8,20H2,1-2H3. The number of benzene rings is 1. The number of nitrogens with two attached hydrogens (primary N) is 1. The average Bonchev–Trinajstić information content (AvgIpc) is 2.95. The molecule has 132 valence electrons. The van der Waals surface area contributed by atoms with E-state index in [4.69, 9.17) is 20.5 Å². The number of rotatable bonds is 6. The van der Waals surface area contributed by atoms with Crippen molar-refractivity contribution in [2.75, 3.05) is 26.6 Å². The number of methoxy groups -OCH3 is 2. The maximum absolute atomic E-state index is 12.4. The third-order valence-corrected chi connectivity index (χ3v) is 3.33. The molecule has 0 aliphatic carbocycles. The Kier molecular flexibility index (Phi) is 5.44. The Morgan fingerprint density at radius 3 is 2.64 bits per heavy atom. The number of alkyl halides is 2. The van der Waals surface area contributed by atoms with Crippen LogP contribution in [0.15, 0.2) is 24.4 Å². The molecule has 0 spiro atoms. The summed E-state index contributed by atoms with van der Waals surface area (Å²) in [5, 5.41) is 9.12. The van der Waals surface area contributed by atoms with E-state index in [-0.39, 0.29) is 28.4 Å². The lowest BCUT2D eigenvalue weighted by atomic mass is 10.2. The van der Waals surface area contributed by atoms with Crippen LogP contribution in [0.1, 0.15) is 16.1 Å². The topological polar surface area (TPSA) is 99.5 Å². The number of carbonyl (C=O) groups is 1. The second kappa shape index (κ2) is 7.53. The van der Waals surface area contributed by atoms with E-state index < -0.39 is 19.0 Å². The molecule has 0 aliphatic rings. The van der Waals surface area contributed by atoms with Crippen LogP contribution in [0, 0.1) is 11.3 Å². The minimum atomic E-state index is -2.66. The van der Waals surface area contributed by atoms with Gasteiger partial charge < -0.3 is 24.5 Å². The molecule has 1 aromatic carbocycles. The molecule has 25 heavy (non-hydrogen) atoms. The third-order valence-electron chi connectivity index (χ3n) is 3.33. The lowest BCUT2D eigenvalue weighted by molar-refractivity contribution is 0.0593. The minimum Gasteiger partial charge on any atom is -0.493 e. The van der Waals surface area contributed by atoms with Crippen LogP contribution in [0.3, 0.4) is 0 Å². The van der Waals surface area contributed by atoms with Crippen LogP contribution in [0.5, 0.6) is 11.5 Å². The van der Waals surface area contributed by atoms with E-state index in [2.05, 4.69) is 4.74 Å². The Bertz CT molecular complexity index is 828. The van der Waals surface area contributed by atoms with Crippen LogP contribution in [-0.2, 0) is 4.74 Å². The first kappa shape index (κ1) is 18.1. The quantitative estimate of drug-likeness (QED) is 0.802. The average molecular weight is 351 g/mol. The van der Waals surface area contributed by atoms with E-state index >= 15 is 0 Å². The number of ether oxygens (including phenoxy) is 3. The number of nitriles is 1. The summed E-state index contributed by atoms with van der Waals surface area (Å²) in [6, 6.07) is 6.31. The number of esters is 1. The fraction of sp³-hybridized carbons (Fsp3) is 0.250. The number of hydrogen-bond donors (Lipinski definition) is 1. The molecule has 0 bridgehead atoms. The summed E-state index contributed by atoms with van der Waals surface area (Å²) in [6.07, 6.45) is -1.31. The summed E-state index contributed by atoms with van der Waals surface area (Å²) in [5.74, 6) is -0.448. The van der Waals surface area contributed by atoms with Gasteiger partial charge in [-0.05, 0) is 12.1 Å². The van der Waals surface area contributed by atoms with Crippen molar-refractivity contribution in [2.24, 2.45) is 0 Å². The second-order valence-corrected chi connectivity index (χ2v) is 4.82. The van der Waals surface area contributed by atoms with Crippen LogP contribution in [0.4, 0.5) is 14.5 Å². The SMILES string of the molecule is COC(=O)c1c(N)c(C#N)cn1-c1ccc(OC)c(OCC(F)F)c1. The Morgan fingerprint density at radius 1 is 1.36 bits per heavy atom.